The maximum atomic E-state index is 14.6. The molecule has 564 valence electrons. The first-order valence-electron chi connectivity index (χ1n) is 32.5. The number of aliphatic imine (C=N–C) groups is 1. The van der Waals surface area contributed by atoms with E-state index in [-0.39, 0.29) is 76.7 Å². The van der Waals surface area contributed by atoms with Gasteiger partial charge in [-0.15, -0.1) is 0 Å². The van der Waals surface area contributed by atoms with Gasteiger partial charge in [0.25, 0.3) is 5.60 Å². The number of aromatic amines is 2. The van der Waals surface area contributed by atoms with E-state index >= 15 is 0 Å². The number of ether oxygens (including phenoxy) is 1. The molecule has 0 saturated heterocycles. The molecular weight excluding hydrogens is 1440 g/mol. The topological polar surface area (TPSA) is 582 Å². The van der Waals surface area contributed by atoms with Gasteiger partial charge >= 0.3 is 17.9 Å². The minimum absolute atomic E-state index is 0.0254. The Morgan fingerprint density at radius 2 is 1.11 bits per heavy atom. The number of aliphatic carboxylic acids is 2. The summed E-state index contributed by atoms with van der Waals surface area (Å²) < 4.78 is 5.05. The minimum Gasteiger partial charge on any atom is -0.481 e. The minimum atomic E-state index is -2.99. The van der Waals surface area contributed by atoms with E-state index in [0.717, 1.165) is 7.11 Å². The number of nitrogens with two attached hydrogens (primary N) is 3. The summed E-state index contributed by atoms with van der Waals surface area (Å²) in [5.41, 5.74) is 17.3. The fraction of sp³-hybridized carbons (Fsp3) is 0.500. The summed E-state index contributed by atoms with van der Waals surface area (Å²) >= 11 is 16.3. The second-order valence-electron chi connectivity index (χ2n) is 24.9. The summed E-state index contributed by atoms with van der Waals surface area (Å²) in [4.78, 5) is 220. The number of fused-ring (bicyclic) bond motifs is 8. The number of hydrogen-bond acceptors (Lipinski definition) is 25. The number of thiol groups is 4. The number of nitrogens with zero attached hydrogens (tertiary/aromatic N) is 3. The molecule has 0 spiro atoms. The Labute approximate surface area is 616 Å². The highest BCUT2D eigenvalue weighted by atomic mass is 32.1. The molecule has 104 heavy (non-hydrogen) atoms. The fourth-order valence-electron chi connectivity index (χ4n) is 12.1. The Morgan fingerprint density at radius 3 is 1.64 bits per heavy atom. The number of methoxy groups -OCH3 is 1. The molecule has 10 amide bonds. The number of hydrogen-bond donors (Lipinski definition) is 21. The number of amides is 10. The number of aryl methyl sites for hydroxylation is 2. The Morgan fingerprint density at radius 1 is 0.625 bits per heavy atom. The van der Waals surface area contributed by atoms with Crippen molar-refractivity contribution in [2.45, 2.75) is 152 Å². The number of nitrogens with one attached hydrogen (secondary N) is 11. The molecule has 3 aromatic rings. The molecule has 5 heterocycles. The van der Waals surface area contributed by atoms with Crippen LogP contribution in [0.15, 0.2) is 23.2 Å². The van der Waals surface area contributed by atoms with Crippen LogP contribution in [0, 0.1) is 13.8 Å². The van der Waals surface area contributed by atoms with Crippen molar-refractivity contribution in [3.05, 3.63) is 68.8 Å². The molecule has 0 fully saturated rings. The standard InChI is InChI=1S/C64H85N17O19S4/c1-8-29-24(2)33-15-38-49(28(6)82)26(4)35(72-38)13-34-25(3)30(52(75-34)51-53-50(54(90)64(51,99)62(98)100-7)27(5)36(76-53)14-37(29)71-33)12-44(83)81-61(97)42(22-103)74-46(85)19-70-57(93)41(21-102)79-58(94)39(16-47(86)87)73-45(84)18-69-56(92)32(10-9-11-68-63(66)67)77-60(96)43(23-104)80-59(95)40(17-48(88)89)78-55(91)31(65)20-101/h13-15,24-25,29-32,39-43,72,76,99,101-104H,8-12,16-23,65H2,1-7H3,(H,69,92)(H,70,93)(H,73,84)(H,74,85)(H,77,96)(H,78,91)(H,79,94)(H,80,95)(H,86,87)(H,88,89)(H4,66,67,68)(H,81,83,97)/t24-,25+,29-,30+,31+,32+,39+,40+,41+,42+,43+,64?/m1/s1. The van der Waals surface area contributed by atoms with E-state index in [2.05, 4.69) is 113 Å². The summed E-state index contributed by atoms with van der Waals surface area (Å²) in [6.07, 6.45) is -2.14. The SMILES string of the molecule is CC[C@H]1c2cc3[nH]c4c(c3C)C(=O)C(O)(C(=O)OC)c4c3nc(cc4[nH]c(cc(n2)[C@@H]1C)c(C(C)=O)c4C)[C@@H](C)[C@@H]3CC(=O)NC(=O)[C@H](CS)NC(=O)CNC(=O)[C@H](CS)NC(=O)[C@H](CC(=O)O)NC(=O)CNC(=O)[C@H](CCCN=C(N)N)NC(=O)[C@H](CS)NC(=O)[C@H](CC(=O)O)NC(=O)[C@@H](N)CS. The summed E-state index contributed by atoms with van der Waals surface area (Å²) in [5, 5.41) is 51.7. The molecule has 40 heteroatoms. The zero-order valence-corrected chi connectivity index (χ0v) is 61.1. The van der Waals surface area contributed by atoms with Crippen LogP contribution in [0.4, 0.5) is 0 Å². The van der Waals surface area contributed by atoms with Crippen molar-refractivity contribution in [3.63, 3.8) is 0 Å². The van der Waals surface area contributed by atoms with E-state index in [4.69, 9.17) is 31.9 Å². The van der Waals surface area contributed by atoms with Crippen LogP contribution in [0.2, 0.25) is 0 Å². The highest BCUT2D eigenvalue weighted by Gasteiger charge is 2.57. The van der Waals surface area contributed by atoms with Crippen LogP contribution in [0.25, 0.3) is 22.1 Å². The first kappa shape index (κ1) is 83.3. The zero-order valence-electron chi connectivity index (χ0n) is 57.5. The molecule has 12 atom stereocenters. The number of aliphatic hydroxyl groups is 1. The van der Waals surface area contributed by atoms with Crippen molar-refractivity contribution in [1.82, 2.24) is 67.8 Å². The molecule has 0 saturated carbocycles. The first-order chi connectivity index (χ1) is 49.0. The van der Waals surface area contributed by atoms with Gasteiger partial charge < -0.3 is 89.8 Å². The van der Waals surface area contributed by atoms with Crippen LogP contribution in [0.5, 0.6) is 0 Å². The number of carbonyl (C=O) groups excluding carboxylic acids is 13. The van der Waals surface area contributed by atoms with Crippen molar-refractivity contribution in [1.29, 1.82) is 0 Å². The maximum Gasteiger partial charge on any atom is 0.351 e. The van der Waals surface area contributed by atoms with Gasteiger partial charge in [0.05, 0.1) is 61.4 Å². The molecule has 2 aliphatic heterocycles. The van der Waals surface area contributed by atoms with Crippen molar-refractivity contribution >= 4 is 167 Å². The molecule has 8 bridgehead atoms. The molecule has 0 radical (unpaired) electrons. The Kier molecular flexibility index (Phi) is 29.4. The van der Waals surface area contributed by atoms with Crippen molar-refractivity contribution in [2.24, 2.45) is 22.2 Å². The quantitative estimate of drug-likeness (QED) is 0.00542. The van der Waals surface area contributed by atoms with Crippen molar-refractivity contribution < 1.29 is 92.0 Å². The van der Waals surface area contributed by atoms with Gasteiger partial charge in [-0.25, -0.2) is 4.79 Å². The normalized spacial score (nSPS) is 18.5. The highest BCUT2D eigenvalue weighted by molar-refractivity contribution is 7.80. The van der Waals surface area contributed by atoms with Crippen molar-refractivity contribution in [2.75, 3.05) is 49.8 Å². The second-order valence-corrected chi connectivity index (χ2v) is 26.3. The Balaban J connectivity index is 1.13. The van der Waals surface area contributed by atoms with E-state index in [1.165, 1.54) is 6.92 Å². The lowest BCUT2D eigenvalue weighted by Gasteiger charge is -2.25. The lowest BCUT2D eigenvalue weighted by molar-refractivity contribution is -0.157. The van der Waals surface area contributed by atoms with E-state index in [0.29, 0.717) is 51.0 Å². The van der Waals surface area contributed by atoms with Gasteiger partial charge in [-0.1, -0.05) is 20.8 Å². The molecule has 36 nitrogen and oxygen atoms in total. The van der Waals surface area contributed by atoms with Crippen molar-refractivity contribution in [3.8, 4) is 0 Å². The van der Waals surface area contributed by atoms with Gasteiger partial charge in [0.2, 0.25) is 64.9 Å². The number of imide groups is 1. The zero-order chi connectivity index (χ0) is 77.5. The van der Waals surface area contributed by atoms with Gasteiger partial charge in [-0.2, -0.15) is 50.5 Å². The number of guanidine groups is 1. The fourth-order valence-corrected chi connectivity index (χ4v) is 13.0. The summed E-state index contributed by atoms with van der Waals surface area (Å²) in [6.45, 7) is 8.60. The number of carboxylic acids is 2. The first-order valence-corrected chi connectivity index (χ1v) is 35.1. The number of ketones is 2. The number of Topliss-reactive ketones (excluding diaryl/α,β-unsaturated/α-hetero) is 2. The molecular formula is C64H85N17O19S4. The third-order valence-corrected chi connectivity index (χ3v) is 19.2. The molecule has 0 aromatic carbocycles. The van der Waals surface area contributed by atoms with Crippen LogP contribution in [0.3, 0.4) is 0 Å². The third kappa shape index (κ3) is 19.8. The second kappa shape index (κ2) is 36.7. The van der Waals surface area contributed by atoms with E-state index in [9.17, 15) is 87.2 Å². The molecule has 3 aliphatic rings. The smallest absolute Gasteiger partial charge is 0.351 e. The van der Waals surface area contributed by atoms with E-state index in [1.54, 1.807) is 32.9 Å². The number of carbonyl (C=O) groups is 15. The Hall–Kier alpha value is -9.64. The van der Waals surface area contributed by atoms with Gasteiger partial charge in [-0.3, -0.25) is 87.4 Å². The lowest BCUT2D eigenvalue weighted by atomic mass is 9.83. The third-order valence-electron chi connectivity index (χ3n) is 17.7. The largest absolute Gasteiger partial charge is 0.481 e. The predicted octanol–water partition coefficient (Wildman–Crippen LogP) is -2.90. The lowest BCUT2D eigenvalue weighted by Crippen LogP contribution is -2.59. The highest BCUT2D eigenvalue weighted by Crippen LogP contribution is 2.49. The van der Waals surface area contributed by atoms with Crippen LogP contribution < -0.4 is 65.1 Å². The molecule has 1 unspecified atom stereocenters. The predicted molar refractivity (Wildman–Crippen MR) is 387 cm³/mol. The van der Waals surface area contributed by atoms with Gasteiger partial charge in [0, 0.05) is 98.9 Å². The molecule has 3 aromatic heterocycles. The summed E-state index contributed by atoms with van der Waals surface area (Å²) in [7, 11) is 0.983. The average Bonchev–Trinajstić information content (AvgIpc) is 1.54. The average molecular weight is 1520 g/mol. The molecule has 20 N–H and O–H groups in total. The number of H-pyrrole nitrogens is 2. The van der Waals surface area contributed by atoms with E-state index < -0.39 is 192 Å². The summed E-state index contributed by atoms with van der Waals surface area (Å²) in [6, 6.07) is -5.91. The maximum absolute atomic E-state index is 14.6. The number of esters is 1. The van der Waals surface area contributed by atoms with Gasteiger partial charge in [-0.05, 0) is 69.4 Å². The molecule has 6 rings (SSSR count). The summed E-state index contributed by atoms with van der Waals surface area (Å²) in [5.74, 6) is -20.4. The molecule has 1 aliphatic carbocycles. The van der Waals surface area contributed by atoms with Gasteiger partial charge in [0.15, 0.2) is 11.7 Å². The number of aromatic nitrogens is 4. The number of carboxylic acid groups (broad SMARTS) is 2. The number of rotatable bonds is 34. The monoisotopic (exact) mass is 1520 g/mol. The van der Waals surface area contributed by atoms with Gasteiger partial charge in [0.1, 0.15) is 36.3 Å². The van der Waals surface area contributed by atoms with Crippen LogP contribution in [0.1, 0.15) is 150 Å². The van der Waals surface area contributed by atoms with E-state index in [1.807, 2.05) is 19.9 Å². The Bertz CT molecular complexity index is 4150. The van der Waals surface area contributed by atoms with Crippen LogP contribution in [-0.2, 0) is 72.7 Å². The van der Waals surface area contributed by atoms with Crippen LogP contribution in [-0.4, -0.2) is 222 Å². The van der Waals surface area contributed by atoms with Crippen LogP contribution >= 0.6 is 50.5 Å².